The lowest BCUT2D eigenvalue weighted by molar-refractivity contribution is -0.146. The molecule has 0 aromatic heterocycles. The molecule has 3 fully saturated rings. The van der Waals surface area contributed by atoms with Crippen molar-refractivity contribution in [3.05, 3.63) is 78.9 Å². The average molecular weight is 664 g/mol. The highest BCUT2D eigenvalue weighted by Gasteiger charge is 2.79. The number of ether oxygens (including phenoxy) is 2. The summed E-state index contributed by atoms with van der Waals surface area (Å²) in [5.74, 6) is -1.73. The first kappa shape index (κ1) is 34.7. The molecule has 5 rings (SSSR count). The van der Waals surface area contributed by atoms with E-state index in [2.05, 4.69) is 13.2 Å². The van der Waals surface area contributed by atoms with Crippen molar-refractivity contribution < 1.29 is 29.0 Å². The lowest BCUT2D eigenvalue weighted by Gasteiger charge is -2.37. The summed E-state index contributed by atoms with van der Waals surface area (Å²) < 4.78 is 12.6. The van der Waals surface area contributed by atoms with E-state index in [9.17, 15) is 19.5 Å². The molecule has 0 radical (unpaired) electrons. The number of amides is 3. The first-order valence-electron chi connectivity index (χ1n) is 16.7. The van der Waals surface area contributed by atoms with E-state index in [-0.39, 0.29) is 37.4 Å². The highest BCUT2D eigenvalue weighted by Crippen LogP contribution is 2.65. The maximum atomic E-state index is 14.9. The van der Waals surface area contributed by atoms with E-state index >= 15 is 0 Å². The van der Waals surface area contributed by atoms with Crippen LogP contribution in [0.1, 0.15) is 52.4 Å². The van der Waals surface area contributed by atoms with Crippen molar-refractivity contribution in [1.82, 2.24) is 4.90 Å². The first-order valence-corrected chi connectivity index (χ1v) is 17.0. The van der Waals surface area contributed by atoms with Crippen LogP contribution in [0.3, 0.4) is 0 Å². The zero-order valence-corrected chi connectivity index (χ0v) is 28.2. The third-order valence-corrected chi connectivity index (χ3v) is 10.3. The second kappa shape index (κ2) is 14.6. The predicted octanol–water partition coefficient (Wildman–Crippen LogP) is 5.79. The van der Waals surface area contributed by atoms with Gasteiger partial charge in [-0.15, -0.1) is 13.2 Å². The van der Waals surface area contributed by atoms with Crippen molar-refractivity contribution in [1.29, 1.82) is 0 Å². The molecule has 3 aliphatic heterocycles. The fourth-order valence-corrected chi connectivity index (χ4v) is 8.18. The number of likely N-dealkylation sites (tertiary alicyclic amines) is 1. The van der Waals surface area contributed by atoms with Crippen molar-refractivity contribution >= 4 is 40.7 Å². The molecule has 2 aromatic rings. The van der Waals surface area contributed by atoms with Crippen molar-refractivity contribution in [2.75, 3.05) is 42.6 Å². The Labute approximate surface area is 282 Å². The van der Waals surface area contributed by atoms with Crippen molar-refractivity contribution in [2.45, 2.75) is 69.6 Å². The van der Waals surface area contributed by atoms with Gasteiger partial charge in [0.15, 0.2) is 0 Å². The molecule has 9 nitrogen and oxygen atoms in total. The average Bonchev–Trinajstić information content (AvgIpc) is 3.68. The molecule has 2 aromatic carbocycles. The lowest BCUT2D eigenvalue weighted by atomic mass is 9.64. The van der Waals surface area contributed by atoms with Crippen LogP contribution in [0.15, 0.2) is 73.8 Å². The van der Waals surface area contributed by atoms with Gasteiger partial charge in [0, 0.05) is 31.9 Å². The summed E-state index contributed by atoms with van der Waals surface area (Å²) in [4.78, 5) is 49.2. The fourth-order valence-electron chi connectivity index (χ4n) is 7.95. The molecular weight excluding hydrogens is 618 g/mol. The van der Waals surface area contributed by atoms with E-state index in [1.54, 1.807) is 45.1 Å². The highest BCUT2D eigenvalue weighted by atomic mass is 35.5. The van der Waals surface area contributed by atoms with Crippen LogP contribution in [0.2, 0.25) is 5.02 Å². The Hall–Kier alpha value is -3.66. The quantitative estimate of drug-likeness (QED) is 0.180. The third kappa shape index (κ3) is 6.09. The van der Waals surface area contributed by atoms with Crippen LogP contribution >= 0.6 is 11.6 Å². The summed E-state index contributed by atoms with van der Waals surface area (Å²) in [5.41, 5.74) is -0.918. The Morgan fingerprint density at radius 3 is 2.36 bits per heavy atom. The molecule has 0 aliphatic carbocycles. The largest absolute Gasteiger partial charge is 0.494 e. The first-order chi connectivity index (χ1) is 22.7. The molecular formula is C37H46ClN3O6. The topological polar surface area (TPSA) is 99.6 Å². The van der Waals surface area contributed by atoms with Gasteiger partial charge >= 0.3 is 0 Å². The van der Waals surface area contributed by atoms with Gasteiger partial charge in [0.1, 0.15) is 17.4 Å². The molecule has 3 aliphatic rings. The summed E-state index contributed by atoms with van der Waals surface area (Å²) in [7, 11) is 0. The van der Waals surface area contributed by atoms with Crippen LogP contribution in [0, 0.1) is 11.8 Å². The summed E-state index contributed by atoms with van der Waals surface area (Å²) in [6, 6.07) is 13.5. The molecule has 5 atom stereocenters. The summed E-state index contributed by atoms with van der Waals surface area (Å²) in [5, 5.41) is 9.80. The van der Waals surface area contributed by atoms with Gasteiger partial charge in [0.25, 0.3) is 5.91 Å². The number of carbonyl (C=O) groups excluding carboxylic acids is 3. The Morgan fingerprint density at radius 1 is 1.02 bits per heavy atom. The maximum Gasteiger partial charge on any atom is 0.253 e. The molecule has 252 valence electrons. The SMILES string of the molecule is C=CCN(C(=O)[C@@H]1[C@H]2C(=O)N(CCCCCO)C(C(=O)N(CC=C)c3ccccc3Cl)C23CC[C@@]1(CC)O3)c1ccc(OCC)cc1. The highest BCUT2D eigenvalue weighted by molar-refractivity contribution is 6.34. The molecule has 3 saturated heterocycles. The van der Waals surface area contributed by atoms with Crippen molar-refractivity contribution in [3.8, 4) is 5.75 Å². The van der Waals surface area contributed by atoms with Crippen LogP contribution in [-0.2, 0) is 19.1 Å². The minimum Gasteiger partial charge on any atom is -0.494 e. The fraction of sp³-hybridized carbons (Fsp3) is 0.486. The third-order valence-electron chi connectivity index (χ3n) is 10.00. The molecule has 3 heterocycles. The van der Waals surface area contributed by atoms with Gasteiger partial charge in [-0.25, -0.2) is 0 Å². The zero-order chi connectivity index (χ0) is 33.8. The number of carbonyl (C=O) groups is 3. The Morgan fingerprint density at radius 2 is 1.72 bits per heavy atom. The number of hydrogen-bond donors (Lipinski definition) is 1. The van der Waals surface area contributed by atoms with Gasteiger partial charge in [0.05, 0.1) is 34.8 Å². The molecule has 1 spiro atoms. The number of hydrogen-bond acceptors (Lipinski definition) is 6. The summed E-state index contributed by atoms with van der Waals surface area (Å²) in [6.07, 6.45) is 6.71. The van der Waals surface area contributed by atoms with Gasteiger partial charge in [-0.3, -0.25) is 14.4 Å². The number of benzene rings is 2. The Bertz CT molecular complexity index is 1480. The second-order valence-corrected chi connectivity index (χ2v) is 12.9. The molecule has 1 N–H and O–H groups in total. The number of rotatable bonds is 16. The van der Waals surface area contributed by atoms with Crippen LogP contribution in [0.4, 0.5) is 11.4 Å². The maximum absolute atomic E-state index is 14.9. The number of fused-ring (bicyclic) bond motifs is 1. The standard InChI is InChI=1S/C37H46ClN3O6/c1-5-22-39(26-16-18-27(19-17-26)46-8-4)33(43)30-31-34(44)41(24-12-9-13-25-42)32(37(31)21-20-36(30,7-3)47-37)35(45)40(23-6-2)29-15-11-10-14-28(29)38/h5-6,10-11,14-19,30-32,42H,1-2,7-9,12-13,20-25H2,3-4H3/t30-,31-,32?,36+,37?/m0/s1. The molecule has 2 bridgehead atoms. The minimum absolute atomic E-state index is 0.0475. The normalized spacial score (nSPS) is 25.8. The van der Waals surface area contributed by atoms with E-state index in [0.29, 0.717) is 73.8 Å². The number of para-hydroxylation sites is 1. The van der Waals surface area contributed by atoms with Gasteiger partial charge in [-0.05, 0) is 81.8 Å². The minimum atomic E-state index is -1.19. The molecule has 0 saturated carbocycles. The summed E-state index contributed by atoms with van der Waals surface area (Å²) in [6.45, 7) is 13.0. The molecule has 3 amide bonds. The van der Waals surface area contributed by atoms with E-state index in [0.717, 1.165) is 0 Å². The van der Waals surface area contributed by atoms with Gasteiger partial charge in [-0.2, -0.15) is 0 Å². The number of aliphatic hydroxyl groups is 1. The molecule has 2 unspecified atom stereocenters. The monoisotopic (exact) mass is 663 g/mol. The van der Waals surface area contributed by atoms with Gasteiger partial charge in [0.2, 0.25) is 11.8 Å². The number of nitrogens with zero attached hydrogens (tertiary/aromatic N) is 3. The molecule has 47 heavy (non-hydrogen) atoms. The smallest absolute Gasteiger partial charge is 0.253 e. The van der Waals surface area contributed by atoms with Crippen LogP contribution in [-0.4, -0.2) is 77.8 Å². The predicted molar refractivity (Wildman–Crippen MR) is 184 cm³/mol. The van der Waals surface area contributed by atoms with Crippen LogP contribution in [0.25, 0.3) is 0 Å². The Balaban J connectivity index is 1.58. The van der Waals surface area contributed by atoms with E-state index in [1.165, 1.54) is 0 Å². The second-order valence-electron chi connectivity index (χ2n) is 12.5. The van der Waals surface area contributed by atoms with Crippen molar-refractivity contribution in [2.24, 2.45) is 11.8 Å². The lowest BCUT2D eigenvalue weighted by Crippen LogP contribution is -2.56. The zero-order valence-electron chi connectivity index (χ0n) is 27.4. The van der Waals surface area contributed by atoms with Gasteiger partial charge in [-0.1, -0.05) is 42.8 Å². The number of halogens is 1. The van der Waals surface area contributed by atoms with E-state index < -0.39 is 29.1 Å². The summed E-state index contributed by atoms with van der Waals surface area (Å²) >= 11 is 6.61. The number of anilines is 2. The Kier molecular flexibility index (Phi) is 10.8. The number of aliphatic hydroxyl groups excluding tert-OH is 1. The van der Waals surface area contributed by atoms with E-state index in [4.69, 9.17) is 21.1 Å². The van der Waals surface area contributed by atoms with Crippen LogP contribution in [0.5, 0.6) is 5.75 Å². The number of unbranched alkanes of at least 4 members (excludes halogenated alkanes) is 2. The van der Waals surface area contributed by atoms with Crippen molar-refractivity contribution in [3.63, 3.8) is 0 Å². The van der Waals surface area contributed by atoms with Gasteiger partial charge < -0.3 is 29.3 Å². The molecule has 10 heteroatoms. The van der Waals surface area contributed by atoms with E-state index in [1.807, 2.05) is 44.2 Å². The van der Waals surface area contributed by atoms with Crippen LogP contribution < -0.4 is 14.5 Å².